The summed E-state index contributed by atoms with van der Waals surface area (Å²) in [6.45, 7) is 6.33. The SMILES string of the molecule is CCCOc1cccc(C(=O)Nc2sc(C)c(C)c2C(N)=O)c1. The zero-order chi connectivity index (χ0) is 17.0. The van der Waals surface area contributed by atoms with Crippen LogP contribution in [0.5, 0.6) is 5.75 Å². The van der Waals surface area contributed by atoms with Crippen LogP contribution in [0.2, 0.25) is 0 Å². The zero-order valence-corrected chi connectivity index (χ0v) is 14.3. The van der Waals surface area contributed by atoms with Gasteiger partial charge in [0, 0.05) is 10.4 Å². The summed E-state index contributed by atoms with van der Waals surface area (Å²) in [5, 5.41) is 3.26. The van der Waals surface area contributed by atoms with Crippen molar-refractivity contribution < 1.29 is 14.3 Å². The number of nitrogens with one attached hydrogen (secondary N) is 1. The lowest BCUT2D eigenvalue weighted by molar-refractivity contribution is 0.100. The number of aryl methyl sites for hydroxylation is 1. The van der Waals surface area contributed by atoms with E-state index >= 15 is 0 Å². The van der Waals surface area contributed by atoms with Crippen molar-refractivity contribution in [1.82, 2.24) is 0 Å². The molecule has 0 atom stereocenters. The Hall–Kier alpha value is -2.34. The maximum Gasteiger partial charge on any atom is 0.256 e. The molecule has 0 unspecified atom stereocenters. The van der Waals surface area contributed by atoms with Gasteiger partial charge in [0.05, 0.1) is 12.2 Å². The molecule has 0 saturated heterocycles. The van der Waals surface area contributed by atoms with Gasteiger partial charge in [-0.3, -0.25) is 9.59 Å². The molecule has 1 heterocycles. The van der Waals surface area contributed by atoms with Gasteiger partial charge in [0.25, 0.3) is 11.8 Å². The van der Waals surface area contributed by atoms with Gasteiger partial charge in [0.2, 0.25) is 0 Å². The van der Waals surface area contributed by atoms with Crippen LogP contribution in [0.1, 0.15) is 44.5 Å². The molecular formula is C17H20N2O3S. The first-order chi connectivity index (χ1) is 10.9. The summed E-state index contributed by atoms with van der Waals surface area (Å²) < 4.78 is 5.53. The van der Waals surface area contributed by atoms with Crippen LogP contribution >= 0.6 is 11.3 Å². The van der Waals surface area contributed by atoms with Crippen molar-refractivity contribution in [1.29, 1.82) is 0 Å². The number of carbonyl (C=O) groups excluding carboxylic acids is 2. The lowest BCUT2D eigenvalue weighted by Crippen LogP contribution is -2.17. The largest absolute Gasteiger partial charge is 0.494 e. The molecule has 0 radical (unpaired) electrons. The number of hydrogen-bond acceptors (Lipinski definition) is 4. The summed E-state index contributed by atoms with van der Waals surface area (Å²) >= 11 is 1.35. The second-order valence-corrected chi connectivity index (χ2v) is 6.41. The van der Waals surface area contributed by atoms with E-state index in [-0.39, 0.29) is 5.91 Å². The second-order valence-electron chi connectivity index (χ2n) is 5.18. The molecule has 0 aliphatic carbocycles. The van der Waals surface area contributed by atoms with Gasteiger partial charge in [-0.15, -0.1) is 11.3 Å². The van der Waals surface area contributed by atoms with Crippen molar-refractivity contribution in [3.8, 4) is 5.75 Å². The number of rotatable bonds is 6. The van der Waals surface area contributed by atoms with Crippen LogP contribution in [-0.4, -0.2) is 18.4 Å². The van der Waals surface area contributed by atoms with Crippen molar-refractivity contribution in [3.63, 3.8) is 0 Å². The average Bonchev–Trinajstić information content (AvgIpc) is 2.80. The molecule has 0 aliphatic heterocycles. The molecule has 0 saturated carbocycles. The van der Waals surface area contributed by atoms with Gasteiger partial charge in [-0.05, 0) is 44.0 Å². The fourth-order valence-corrected chi connectivity index (χ4v) is 3.19. The van der Waals surface area contributed by atoms with Gasteiger partial charge in [-0.25, -0.2) is 0 Å². The van der Waals surface area contributed by atoms with Crippen molar-refractivity contribution in [3.05, 3.63) is 45.8 Å². The molecule has 23 heavy (non-hydrogen) atoms. The van der Waals surface area contributed by atoms with Gasteiger partial charge in [-0.1, -0.05) is 13.0 Å². The molecule has 2 aromatic rings. The van der Waals surface area contributed by atoms with Gasteiger partial charge in [-0.2, -0.15) is 0 Å². The maximum absolute atomic E-state index is 12.4. The molecule has 1 aromatic carbocycles. The van der Waals surface area contributed by atoms with Crippen LogP contribution in [0.3, 0.4) is 0 Å². The first-order valence-corrected chi connectivity index (χ1v) is 8.19. The Morgan fingerprint density at radius 1 is 1.30 bits per heavy atom. The fraction of sp³-hybridized carbons (Fsp3) is 0.294. The third-order valence-electron chi connectivity index (χ3n) is 3.43. The molecule has 0 aliphatic rings. The van der Waals surface area contributed by atoms with Crippen LogP contribution < -0.4 is 15.8 Å². The summed E-state index contributed by atoms with van der Waals surface area (Å²) in [4.78, 5) is 25.0. The highest BCUT2D eigenvalue weighted by molar-refractivity contribution is 7.16. The maximum atomic E-state index is 12.4. The topological polar surface area (TPSA) is 81.4 Å². The average molecular weight is 332 g/mol. The Morgan fingerprint density at radius 3 is 2.70 bits per heavy atom. The van der Waals surface area contributed by atoms with Crippen molar-refractivity contribution >= 4 is 28.2 Å². The highest BCUT2D eigenvalue weighted by Crippen LogP contribution is 2.32. The number of ether oxygens (including phenoxy) is 1. The van der Waals surface area contributed by atoms with E-state index in [1.54, 1.807) is 24.3 Å². The standard InChI is InChI=1S/C17H20N2O3S/c1-4-8-22-13-7-5-6-12(9-13)16(21)19-17-14(15(18)20)10(2)11(3)23-17/h5-7,9H,4,8H2,1-3H3,(H2,18,20)(H,19,21). The molecule has 2 amide bonds. The Bertz CT molecular complexity index is 737. The quantitative estimate of drug-likeness (QED) is 0.849. The number of benzene rings is 1. The van der Waals surface area contributed by atoms with Crippen LogP contribution in [0, 0.1) is 13.8 Å². The van der Waals surface area contributed by atoms with E-state index in [0.29, 0.717) is 28.5 Å². The van der Waals surface area contributed by atoms with Gasteiger partial charge in [0.1, 0.15) is 10.8 Å². The molecular weight excluding hydrogens is 312 g/mol. The Labute approximate surface area is 139 Å². The molecule has 0 spiro atoms. The van der Waals surface area contributed by atoms with E-state index < -0.39 is 5.91 Å². The smallest absolute Gasteiger partial charge is 0.256 e. The Kier molecular flexibility index (Phi) is 5.39. The lowest BCUT2D eigenvalue weighted by Gasteiger charge is -2.08. The number of nitrogens with two attached hydrogens (primary N) is 1. The van der Waals surface area contributed by atoms with Gasteiger partial charge in [0.15, 0.2) is 0 Å². The van der Waals surface area contributed by atoms with Crippen molar-refractivity contribution in [2.24, 2.45) is 5.73 Å². The number of primary amides is 1. The summed E-state index contributed by atoms with van der Waals surface area (Å²) in [5.74, 6) is -0.189. The third kappa shape index (κ3) is 3.90. The number of thiophene rings is 1. The molecule has 5 nitrogen and oxygen atoms in total. The summed E-state index contributed by atoms with van der Waals surface area (Å²) in [6.07, 6.45) is 0.895. The molecule has 122 valence electrons. The van der Waals surface area contributed by atoms with E-state index in [2.05, 4.69) is 5.32 Å². The highest BCUT2D eigenvalue weighted by atomic mass is 32.1. The van der Waals surface area contributed by atoms with Crippen LogP contribution in [0.25, 0.3) is 0 Å². The predicted octanol–water partition coefficient (Wildman–Crippen LogP) is 3.50. The third-order valence-corrected chi connectivity index (χ3v) is 4.55. The normalized spacial score (nSPS) is 10.4. The van der Waals surface area contributed by atoms with Crippen LogP contribution in [0.15, 0.2) is 24.3 Å². The molecule has 0 bridgehead atoms. The van der Waals surface area contributed by atoms with Crippen LogP contribution in [-0.2, 0) is 0 Å². The summed E-state index contributed by atoms with van der Waals surface area (Å²) in [6, 6.07) is 6.95. The number of hydrogen-bond donors (Lipinski definition) is 2. The van der Waals surface area contributed by atoms with Crippen molar-refractivity contribution in [2.75, 3.05) is 11.9 Å². The molecule has 1 aromatic heterocycles. The summed E-state index contributed by atoms with van der Waals surface area (Å²) in [5.41, 5.74) is 7.07. The highest BCUT2D eigenvalue weighted by Gasteiger charge is 2.19. The van der Waals surface area contributed by atoms with E-state index in [1.807, 2.05) is 20.8 Å². The first kappa shape index (κ1) is 17.0. The van der Waals surface area contributed by atoms with Crippen molar-refractivity contribution in [2.45, 2.75) is 27.2 Å². The van der Waals surface area contributed by atoms with Gasteiger partial charge >= 0.3 is 0 Å². The van der Waals surface area contributed by atoms with Gasteiger partial charge < -0.3 is 15.8 Å². The minimum atomic E-state index is -0.540. The predicted molar refractivity (Wildman–Crippen MR) is 92.5 cm³/mol. The molecule has 0 fully saturated rings. The minimum Gasteiger partial charge on any atom is -0.494 e. The second kappa shape index (κ2) is 7.28. The minimum absolute atomic E-state index is 0.296. The summed E-state index contributed by atoms with van der Waals surface area (Å²) in [7, 11) is 0. The van der Waals surface area contributed by atoms with E-state index in [0.717, 1.165) is 16.9 Å². The zero-order valence-electron chi connectivity index (χ0n) is 13.4. The Morgan fingerprint density at radius 2 is 2.04 bits per heavy atom. The monoisotopic (exact) mass is 332 g/mol. The lowest BCUT2D eigenvalue weighted by atomic mass is 10.1. The van der Waals surface area contributed by atoms with E-state index in [1.165, 1.54) is 11.3 Å². The molecule has 3 N–H and O–H groups in total. The van der Waals surface area contributed by atoms with Crippen LogP contribution in [0.4, 0.5) is 5.00 Å². The number of carbonyl (C=O) groups is 2. The number of amides is 2. The van der Waals surface area contributed by atoms with E-state index in [4.69, 9.17) is 10.5 Å². The van der Waals surface area contributed by atoms with E-state index in [9.17, 15) is 9.59 Å². The first-order valence-electron chi connectivity index (χ1n) is 7.38. The molecule has 2 rings (SSSR count). The Balaban J connectivity index is 2.23. The number of anilines is 1. The fourth-order valence-electron chi connectivity index (χ4n) is 2.13. The molecule has 6 heteroatoms.